The van der Waals surface area contributed by atoms with Gasteiger partial charge in [-0.3, -0.25) is 9.69 Å². The van der Waals surface area contributed by atoms with E-state index >= 15 is 0 Å². The summed E-state index contributed by atoms with van der Waals surface area (Å²) in [6, 6.07) is 1.97. The van der Waals surface area contributed by atoms with Crippen molar-refractivity contribution in [3.63, 3.8) is 0 Å². The zero-order valence-electron chi connectivity index (χ0n) is 12.0. The number of carbonyl (C=O) groups is 1. The molecule has 1 saturated carbocycles. The van der Waals surface area contributed by atoms with Crippen molar-refractivity contribution in [3.8, 4) is 0 Å². The molecule has 0 N–H and O–H groups in total. The van der Waals surface area contributed by atoms with E-state index in [0.29, 0.717) is 23.3 Å². The first kappa shape index (κ1) is 12.7. The van der Waals surface area contributed by atoms with Crippen LogP contribution in [-0.2, 0) is 4.79 Å². The first-order valence-corrected chi connectivity index (χ1v) is 7.84. The highest BCUT2D eigenvalue weighted by Gasteiger charge is 2.42. The van der Waals surface area contributed by atoms with Gasteiger partial charge < -0.3 is 0 Å². The van der Waals surface area contributed by atoms with Gasteiger partial charge in [-0.15, -0.1) is 0 Å². The second-order valence-corrected chi connectivity index (χ2v) is 7.53. The Hall–Kier alpha value is -0.370. The molecule has 2 heteroatoms. The van der Waals surface area contributed by atoms with Crippen molar-refractivity contribution in [2.24, 2.45) is 5.41 Å². The fraction of sp³-hybridized carbons (Fsp3) is 0.938. The summed E-state index contributed by atoms with van der Waals surface area (Å²) in [7, 11) is 0. The first-order valence-electron chi connectivity index (χ1n) is 7.84. The summed E-state index contributed by atoms with van der Waals surface area (Å²) >= 11 is 0. The molecule has 2 saturated heterocycles. The van der Waals surface area contributed by atoms with E-state index in [1.165, 1.54) is 44.9 Å². The molecule has 2 bridgehead atoms. The molecule has 3 aliphatic rings. The van der Waals surface area contributed by atoms with Crippen molar-refractivity contribution >= 4 is 5.78 Å². The summed E-state index contributed by atoms with van der Waals surface area (Å²) < 4.78 is 0. The number of Topliss-reactive ketones (excluding diaryl/α,β-unsaturated/α-hetero) is 1. The van der Waals surface area contributed by atoms with E-state index in [4.69, 9.17) is 0 Å². The minimum atomic E-state index is 0.525. The lowest BCUT2D eigenvalue weighted by molar-refractivity contribution is -0.129. The molecular formula is C16H27NO. The lowest BCUT2D eigenvalue weighted by Crippen LogP contribution is -2.57. The maximum Gasteiger partial charge on any atom is 0.136 e. The maximum atomic E-state index is 11.8. The number of piperidine rings is 2. The molecule has 2 aliphatic heterocycles. The molecule has 0 aromatic rings. The molecule has 2 nitrogen and oxygen atoms in total. The van der Waals surface area contributed by atoms with Gasteiger partial charge in [-0.05, 0) is 43.9 Å². The Morgan fingerprint density at radius 1 is 0.944 bits per heavy atom. The zero-order chi connectivity index (χ0) is 12.8. The summed E-state index contributed by atoms with van der Waals surface area (Å²) in [5.41, 5.74) is 0.553. The number of ketones is 1. The first-order chi connectivity index (χ1) is 8.55. The highest BCUT2D eigenvalue weighted by atomic mass is 16.1. The number of nitrogens with zero attached hydrogens (tertiary/aromatic N) is 1. The number of hydrogen-bond acceptors (Lipinski definition) is 2. The molecule has 3 rings (SSSR count). The lowest BCUT2D eigenvalue weighted by Gasteiger charge is -2.52. The molecule has 3 fully saturated rings. The second kappa shape index (κ2) is 4.63. The molecule has 0 aromatic heterocycles. The molecule has 0 radical (unpaired) electrons. The van der Waals surface area contributed by atoms with E-state index in [9.17, 15) is 4.79 Å². The highest BCUT2D eigenvalue weighted by molar-refractivity contribution is 5.80. The summed E-state index contributed by atoms with van der Waals surface area (Å²) in [5, 5.41) is 0. The van der Waals surface area contributed by atoms with Crippen molar-refractivity contribution in [2.75, 3.05) is 0 Å². The Labute approximate surface area is 111 Å². The van der Waals surface area contributed by atoms with Crippen LogP contribution in [0.2, 0.25) is 0 Å². The fourth-order valence-electron chi connectivity index (χ4n) is 4.49. The van der Waals surface area contributed by atoms with Gasteiger partial charge >= 0.3 is 0 Å². The Morgan fingerprint density at radius 2 is 1.50 bits per heavy atom. The predicted molar refractivity (Wildman–Crippen MR) is 73.5 cm³/mol. The van der Waals surface area contributed by atoms with E-state index < -0.39 is 0 Å². The Bertz CT molecular complexity index is 310. The smallest absolute Gasteiger partial charge is 0.136 e. The minimum absolute atomic E-state index is 0.525. The van der Waals surface area contributed by atoms with E-state index in [2.05, 4.69) is 18.7 Å². The minimum Gasteiger partial charge on any atom is -0.300 e. The molecule has 102 valence electrons. The van der Waals surface area contributed by atoms with Crippen LogP contribution in [0.25, 0.3) is 0 Å². The summed E-state index contributed by atoms with van der Waals surface area (Å²) in [6.07, 6.45) is 11.0. The van der Waals surface area contributed by atoms with Crippen molar-refractivity contribution in [1.82, 2.24) is 4.90 Å². The number of rotatable bonds is 1. The summed E-state index contributed by atoms with van der Waals surface area (Å²) in [4.78, 5) is 14.6. The molecular weight excluding hydrogens is 222 g/mol. The third-order valence-electron chi connectivity index (χ3n) is 5.57. The van der Waals surface area contributed by atoms with Crippen molar-refractivity contribution in [1.29, 1.82) is 0 Å². The SMILES string of the molecule is CC1(C)CCC(N2C3CCCC2CC(=O)C3)CC1. The van der Waals surface area contributed by atoms with E-state index in [0.717, 1.165) is 18.9 Å². The molecule has 2 heterocycles. The second-order valence-electron chi connectivity index (χ2n) is 7.53. The third kappa shape index (κ3) is 2.36. The number of hydrogen-bond donors (Lipinski definition) is 0. The average Bonchev–Trinajstić information content (AvgIpc) is 2.28. The van der Waals surface area contributed by atoms with Crippen LogP contribution < -0.4 is 0 Å². The van der Waals surface area contributed by atoms with Gasteiger partial charge in [0.2, 0.25) is 0 Å². The van der Waals surface area contributed by atoms with Crippen LogP contribution in [0.3, 0.4) is 0 Å². The highest BCUT2D eigenvalue weighted by Crippen LogP contribution is 2.42. The van der Waals surface area contributed by atoms with Crippen molar-refractivity contribution < 1.29 is 4.79 Å². The lowest BCUT2D eigenvalue weighted by atomic mass is 9.73. The van der Waals surface area contributed by atoms with E-state index in [1.54, 1.807) is 0 Å². The van der Waals surface area contributed by atoms with E-state index in [-0.39, 0.29) is 0 Å². The van der Waals surface area contributed by atoms with Crippen molar-refractivity contribution in [3.05, 3.63) is 0 Å². The normalized spacial score (nSPS) is 37.8. The molecule has 1 aliphatic carbocycles. The van der Waals surface area contributed by atoms with Gasteiger partial charge in [-0.25, -0.2) is 0 Å². The Balaban J connectivity index is 1.70. The van der Waals surface area contributed by atoms with Gasteiger partial charge in [0.05, 0.1) is 0 Å². The fourth-order valence-corrected chi connectivity index (χ4v) is 4.49. The molecule has 2 unspecified atom stereocenters. The Morgan fingerprint density at radius 3 is 2.06 bits per heavy atom. The summed E-state index contributed by atoms with van der Waals surface area (Å²) in [6.45, 7) is 4.81. The van der Waals surface area contributed by atoms with Gasteiger partial charge in [-0.1, -0.05) is 20.3 Å². The van der Waals surface area contributed by atoms with Crippen LogP contribution in [0.5, 0.6) is 0 Å². The van der Waals surface area contributed by atoms with Crippen LogP contribution in [0, 0.1) is 5.41 Å². The van der Waals surface area contributed by atoms with Gasteiger partial charge in [0.1, 0.15) is 5.78 Å². The van der Waals surface area contributed by atoms with Crippen LogP contribution in [0.15, 0.2) is 0 Å². The molecule has 0 spiro atoms. The average molecular weight is 249 g/mol. The number of fused-ring (bicyclic) bond motifs is 2. The molecule has 18 heavy (non-hydrogen) atoms. The Kier molecular flexibility index (Phi) is 3.25. The van der Waals surface area contributed by atoms with Crippen molar-refractivity contribution in [2.45, 2.75) is 89.8 Å². The van der Waals surface area contributed by atoms with Crippen LogP contribution in [0.1, 0.15) is 71.6 Å². The van der Waals surface area contributed by atoms with Crippen LogP contribution in [-0.4, -0.2) is 28.8 Å². The maximum absolute atomic E-state index is 11.8. The molecule has 0 amide bonds. The standard InChI is InChI=1S/C16H27NO/c1-16(2)8-6-12(7-9-16)17-13-4-3-5-14(17)11-15(18)10-13/h12-14H,3-11H2,1-2H3. The van der Waals surface area contributed by atoms with Crippen LogP contribution >= 0.6 is 0 Å². The van der Waals surface area contributed by atoms with Crippen LogP contribution in [0.4, 0.5) is 0 Å². The van der Waals surface area contributed by atoms with Gasteiger partial charge in [0, 0.05) is 31.0 Å². The predicted octanol–water partition coefficient (Wildman–Crippen LogP) is 3.54. The van der Waals surface area contributed by atoms with Gasteiger partial charge in [0.25, 0.3) is 0 Å². The largest absolute Gasteiger partial charge is 0.300 e. The monoisotopic (exact) mass is 249 g/mol. The number of carbonyl (C=O) groups excluding carboxylic acids is 1. The third-order valence-corrected chi connectivity index (χ3v) is 5.57. The van der Waals surface area contributed by atoms with E-state index in [1.807, 2.05) is 0 Å². The molecule has 2 atom stereocenters. The van der Waals surface area contributed by atoms with Gasteiger partial charge in [0.15, 0.2) is 0 Å². The summed E-state index contributed by atoms with van der Waals surface area (Å²) in [5.74, 6) is 0.525. The molecule has 0 aromatic carbocycles. The topological polar surface area (TPSA) is 20.3 Å². The quantitative estimate of drug-likeness (QED) is 0.708. The zero-order valence-corrected chi connectivity index (χ0v) is 12.0. The van der Waals surface area contributed by atoms with Gasteiger partial charge in [-0.2, -0.15) is 0 Å².